The normalized spacial score (nSPS) is 23.0. The van der Waals surface area contributed by atoms with Crippen molar-refractivity contribution in [1.82, 2.24) is 5.32 Å². The van der Waals surface area contributed by atoms with Gasteiger partial charge in [-0.1, -0.05) is 29.8 Å². The van der Waals surface area contributed by atoms with Gasteiger partial charge in [-0.2, -0.15) is 0 Å². The van der Waals surface area contributed by atoms with E-state index in [1.54, 1.807) is 6.07 Å². The molecule has 1 fully saturated rings. The van der Waals surface area contributed by atoms with E-state index in [0.717, 1.165) is 18.4 Å². The minimum absolute atomic E-state index is 0.0149. The third-order valence-corrected chi connectivity index (χ3v) is 3.44. The average Bonchev–Trinajstić information content (AvgIpc) is 2.86. The number of carbonyl (C=O) groups excluding carboxylic acids is 1. The van der Waals surface area contributed by atoms with Crippen LogP contribution in [0.3, 0.4) is 0 Å². The Morgan fingerprint density at radius 3 is 2.89 bits per heavy atom. The molecule has 0 aromatic heterocycles. The molecular weight excluding hydrogens is 252 g/mol. The molecule has 0 saturated carbocycles. The molecule has 1 aromatic carbocycles. The second-order valence-corrected chi connectivity index (χ2v) is 4.78. The van der Waals surface area contributed by atoms with Gasteiger partial charge in [0.05, 0.1) is 6.10 Å². The highest BCUT2D eigenvalue weighted by atomic mass is 35.5. The lowest BCUT2D eigenvalue weighted by Crippen LogP contribution is -2.35. The summed E-state index contributed by atoms with van der Waals surface area (Å²) >= 11 is 6.01. The van der Waals surface area contributed by atoms with E-state index in [1.165, 1.54) is 0 Å². The molecule has 5 heteroatoms. The summed E-state index contributed by atoms with van der Waals surface area (Å²) in [6.07, 6.45) is 1.22. The summed E-state index contributed by atoms with van der Waals surface area (Å²) in [5.74, 6) is -0.0918. The fraction of sp³-hybridized carbons (Fsp3) is 0.462. The van der Waals surface area contributed by atoms with Gasteiger partial charge in [-0.3, -0.25) is 4.79 Å². The van der Waals surface area contributed by atoms with Crippen molar-refractivity contribution in [3.8, 4) is 0 Å². The van der Waals surface area contributed by atoms with Crippen LogP contribution in [0.1, 0.15) is 18.4 Å². The minimum atomic E-state index is -0.374. The molecule has 18 heavy (non-hydrogen) atoms. The molecular formula is C13H17ClN2O2. The van der Waals surface area contributed by atoms with E-state index in [9.17, 15) is 4.79 Å². The van der Waals surface area contributed by atoms with E-state index in [1.807, 2.05) is 18.2 Å². The Bertz CT molecular complexity index is 425. The predicted molar refractivity (Wildman–Crippen MR) is 70.2 cm³/mol. The predicted octanol–water partition coefficient (Wildman–Crippen LogP) is 1.46. The number of nitrogens with two attached hydrogens (primary N) is 1. The number of halogens is 1. The van der Waals surface area contributed by atoms with E-state index in [2.05, 4.69) is 5.32 Å². The highest BCUT2D eigenvalue weighted by molar-refractivity contribution is 6.31. The summed E-state index contributed by atoms with van der Waals surface area (Å²) in [5, 5.41) is 3.49. The van der Waals surface area contributed by atoms with Gasteiger partial charge in [-0.25, -0.2) is 0 Å². The van der Waals surface area contributed by atoms with Crippen LogP contribution < -0.4 is 11.1 Å². The van der Waals surface area contributed by atoms with Crippen LogP contribution in [0, 0.1) is 0 Å². The van der Waals surface area contributed by atoms with E-state index >= 15 is 0 Å². The lowest BCUT2D eigenvalue weighted by molar-refractivity contribution is -0.132. The van der Waals surface area contributed by atoms with Crippen LogP contribution in [0.2, 0.25) is 5.02 Å². The summed E-state index contributed by atoms with van der Waals surface area (Å²) in [4.78, 5) is 11.9. The van der Waals surface area contributed by atoms with Gasteiger partial charge in [0, 0.05) is 18.1 Å². The Balaban J connectivity index is 1.84. The second-order valence-electron chi connectivity index (χ2n) is 4.37. The standard InChI is InChI=1S/C13H17ClN2O2/c14-11-4-2-1-3-9(11)8-16-13(17)12-6-5-10(7-15)18-12/h1-4,10,12H,5-8,15H2,(H,16,17). The van der Waals surface area contributed by atoms with E-state index < -0.39 is 0 Å². The zero-order chi connectivity index (χ0) is 13.0. The van der Waals surface area contributed by atoms with Crippen LogP contribution in [-0.4, -0.2) is 24.7 Å². The number of amides is 1. The van der Waals surface area contributed by atoms with Gasteiger partial charge in [0.15, 0.2) is 0 Å². The van der Waals surface area contributed by atoms with Crippen molar-refractivity contribution in [1.29, 1.82) is 0 Å². The van der Waals surface area contributed by atoms with Gasteiger partial charge in [-0.15, -0.1) is 0 Å². The third-order valence-electron chi connectivity index (χ3n) is 3.07. The molecule has 4 nitrogen and oxygen atoms in total. The number of hydrogen-bond acceptors (Lipinski definition) is 3. The molecule has 98 valence electrons. The molecule has 2 rings (SSSR count). The van der Waals surface area contributed by atoms with Crippen LogP contribution in [0.4, 0.5) is 0 Å². The summed E-state index contributed by atoms with van der Waals surface area (Å²) in [6.45, 7) is 0.889. The van der Waals surface area contributed by atoms with Crippen LogP contribution in [0.5, 0.6) is 0 Å². The average molecular weight is 269 g/mol. The Morgan fingerprint density at radius 1 is 1.44 bits per heavy atom. The number of nitrogens with one attached hydrogen (secondary N) is 1. The monoisotopic (exact) mass is 268 g/mol. The fourth-order valence-electron chi connectivity index (χ4n) is 2.01. The first-order chi connectivity index (χ1) is 8.70. The molecule has 1 heterocycles. The summed E-state index contributed by atoms with van der Waals surface area (Å²) in [6, 6.07) is 7.45. The van der Waals surface area contributed by atoms with E-state index in [0.29, 0.717) is 18.1 Å². The Morgan fingerprint density at radius 2 is 2.22 bits per heavy atom. The number of ether oxygens (including phenoxy) is 1. The third kappa shape index (κ3) is 3.22. The van der Waals surface area contributed by atoms with Crippen molar-refractivity contribution < 1.29 is 9.53 Å². The SMILES string of the molecule is NCC1CCC(C(=O)NCc2ccccc2Cl)O1. The molecule has 2 atom stereocenters. The molecule has 2 unspecified atom stereocenters. The summed E-state index contributed by atoms with van der Waals surface area (Å²) in [7, 11) is 0. The van der Waals surface area contributed by atoms with Gasteiger partial charge in [-0.05, 0) is 24.5 Å². The maximum Gasteiger partial charge on any atom is 0.249 e. The quantitative estimate of drug-likeness (QED) is 0.869. The maximum atomic E-state index is 11.9. The summed E-state index contributed by atoms with van der Waals surface area (Å²) < 4.78 is 5.52. The highest BCUT2D eigenvalue weighted by Crippen LogP contribution is 2.19. The summed E-state index contributed by atoms with van der Waals surface area (Å²) in [5.41, 5.74) is 6.41. The van der Waals surface area contributed by atoms with Crippen molar-refractivity contribution in [2.75, 3.05) is 6.54 Å². The first-order valence-corrected chi connectivity index (χ1v) is 6.45. The van der Waals surface area contributed by atoms with Gasteiger partial charge < -0.3 is 15.8 Å². The van der Waals surface area contributed by atoms with Gasteiger partial charge in [0.25, 0.3) is 0 Å². The van der Waals surface area contributed by atoms with Gasteiger partial charge in [0.1, 0.15) is 6.10 Å². The molecule has 3 N–H and O–H groups in total. The van der Waals surface area contributed by atoms with Crippen molar-refractivity contribution in [3.63, 3.8) is 0 Å². The van der Waals surface area contributed by atoms with Gasteiger partial charge >= 0.3 is 0 Å². The Hall–Kier alpha value is -1.10. The topological polar surface area (TPSA) is 64.4 Å². The van der Waals surface area contributed by atoms with E-state index in [4.69, 9.17) is 22.1 Å². The Kier molecular flexibility index (Phi) is 4.58. The van der Waals surface area contributed by atoms with Crippen LogP contribution >= 0.6 is 11.6 Å². The highest BCUT2D eigenvalue weighted by Gasteiger charge is 2.29. The molecule has 0 radical (unpaired) electrons. The Labute approximate surface area is 111 Å². The second kappa shape index (κ2) is 6.18. The van der Waals surface area contributed by atoms with Gasteiger partial charge in [0.2, 0.25) is 5.91 Å². The number of rotatable bonds is 4. The zero-order valence-electron chi connectivity index (χ0n) is 10.1. The number of hydrogen-bond donors (Lipinski definition) is 2. The molecule has 1 saturated heterocycles. The first-order valence-electron chi connectivity index (χ1n) is 6.07. The lowest BCUT2D eigenvalue weighted by atomic mass is 10.2. The van der Waals surface area contributed by atoms with Crippen molar-refractivity contribution in [2.45, 2.75) is 31.6 Å². The smallest absolute Gasteiger partial charge is 0.249 e. The molecule has 1 aliphatic heterocycles. The molecule has 1 aliphatic rings. The van der Waals surface area contributed by atoms with Crippen molar-refractivity contribution >= 4 is 17.5 Å². The van der Waals surface area contributed by atoms with Crippen LogP contribution in [-0.2, 0) is 16.1 Å². The molecule has 1 amide bonds. The fourth-order valence-corrected chi connectivity index (χ4v) is 2.21. The van der Waals surface area contributed by atoms with Crippen molar-refractivity contribution in [3.05, 3.63) is 34.9 Å². The maximum absolute atomic E-state index is 11.9. The molecule has 0 bridgehead atoms. The largest absolute Gasteiger partial charge is 0.364 e. The zero-order valence-corrected chi connectivity index (χ0v) is 10.8. The van der Waals surface area contributed by atoms with Crippen LogP contribution in [0.15, 0.2) is 24.3 Å². The van der Waals surface area contributed by atoms with E-state index in [-0.39, 0.29) is 18.1 Å². The number of benzene rings is 1. The minimum Gasteiger partial charge on any atom is -0.364 e. The molecule has 1 aromatic rings. The van der Waals surface area contributed by atoms with Crippen LogP contribution in [0.25, 0.3) is 0 Å². The number of carbonyl (C=O) groups is 1. The molecule has 0 aliphatic carbocycles. The lowest BCUT2D eigenvalue weighted by Gasteiger charge is -2.13. The van der Waals surface area contributed by atoms with Crippen molar-refractivity contribution in [2.24, 2.45) is 5.73 Å². The first kappa shape index (κ1) is 13.3. The molecule has 0 spiro atoms.